The van der Waals surface area contributed by atoms with Crippen molar-refractivity contribution in [3.8, 4) is 0 Å². The van der Waals surface area contributed by atoms with Crippen LogP contribution in [0.15, 0.2) is 59.7 Å². The molecule has 0 spiro atoms. The standard InChI is InChI=1S/C27H28ClFN4O4/c28-23-24(31-27(10-11-27)22-3-1-2-12-30-22)21(17-33(26(23)36)37-16-15-34)25(35)32-13-8-19(9-14-32)18-4-6-20(29)7-5-18/h1-7,12,17,19,31,34H,8-11,13-16H2. The van der Waals surface area contributed by atoms with Crippen LogP contribution < -0.4 is 15.7 Å². The van der Waals surface area contributed by atoms with Crippen LogP contribution in [0.4, 0.5) is 10.1 Å². The molecule has 1 aliphatic heterocycles. The van der Waals surface area contributed by atoms with Gasteiger partial charge < -0.3 is 20.2 Å². The van der Waals surface area contributed by atoms with Crippen LogP contribution in [0.2, 0.25) is 5.02 Å². The molecule has 2 aromatic heterocycles. The van der Waals surface area contributed by atoms with Gasteiger partial charge in [-0.2, -0.15) is 4.73 Å². The lowest BCUT2D eigenvalue weighted by atomic mass is 9.89. The fourth-order valence-corrected chi connectivity index (χ4v) is 5.09. The smallest absolute Gasteiger partial charge is 0.303 e. The molecule has 0 unspecified atom stereocenters. The molecule has 10 heteroatoms. The minimum Gasteiger partial charge on any atom is -0.408 e. The van der Waals surface area contributed by atoms with Gasteiger partial charge in [-0.05, 0) is 61.4 Å². The minimum absolute atomic E-state index is 0.127. The SMILES string of the molecule is O=C(c1cn(OCCO)c(=O)c(Cl)c1NC1(c2ccccn2)CC1)N1CCC(c2ccc(F)cc2)CC1. The Bertz CT molecular complexity index is 1320. The van der Waals surface area contributed by atoms with Crippen molar-refractivity contribution in [2.24, 2.45) is 0 Å². The number of anilines is 1. The monoisotopic (exact) mass is 526 g/mol. The lowest BCUT2D eigenvalue weighted by Crippen LogP contribution is -2.40. The van der Waals surface area contributed by atoms with Crippen molar-refractivity contribution in [2.75, 3.05) is 31.6 Å². The van der Waals surface area contributed by atoms with Gasteiger partial charge >= 0.3 is 5.56 Å². The number of piperidine rings is 1. The van der Waals surface area contributed by atoms with Crippen molar-refractivity contribution in [3.05, 3.63) is 92.9 Å². The Morgan fingerprint density at radius 1 is 1.19 bits per heavy atom. The predicted molar refractivity (Wildman–Crippen MR) is 137 cm³/mol. The maximum absolute atomic E-state index is 13.8. The molecule has 2 aliphatic rings. The highest BCUT2D eigenvalue weighted by atomic mass is 35.5. The number of hydrogen-bond donors (Lipinski definition) is 2. The summed E-state index contributed by atoms with van der Waals surface area (Å²) in [5.74, 6) is -0.322. The van der Waals surface area contributed by atoms with E-state index < -0.39 is 11.1 Å². The number of rotatable bonds is 8. The Morgan fingerprint density at radius 2 is 1.92 bits per heavy atom. The zero-order valence-corrected chi connectivity index (χ0v) is 21.0. The van der Waals surface area contributed by atoms with Crippen LogP contribution in [0, 0.1) is 5.82 Å². The summed E-state index contributed by atoms with van der Waals surface area (Å²) in [7, 11) is 0. The number of amides is 1. The maximum atomic E-state index is 13.8. The van der Waals surface area contributed by atoms with Crippen molar-refractivity contribution >= 4 is 23.2 Å². The number of likely N-dealkylation sites (tertiary alicyclic amines) is 1. The van der Waals surface area contributed by atoms with E-state index >= 15 is 0 Å². The molecule has 2 fully saturated rings. The number of aliphatic hydroxyl groups excluding tert-OH is 1. The van der Waals surface area contributed by atoms with E-state index in [2.05, 4.69) is 10.3 Å². The molecule has 2 N–H and O–H groups in total. The second kappa shape index (κ2) is 10.5. The third-order valence-electron chi connectivity index (χ3n) is 7.07. The van der Waals surface area contributed by atoms with E-state index in [9.17, 15) is 14.0 Å². The second-order valence-corrected chi connectivity index (χ2v) is 9.84. The van der Waals surface area contributed by atoms with Gasteiger partial charge in [0.05, 0.1) is 35.3 Å². The quantitative estimate of drug-likeness (QED) is 0.466. The molecule has 37 heavy (non-hydrogen) atoms. The summed E-state index contributed by atoms with van der Waals surface area (Å²) in [4.78, 5) is 38.3. The summed E-state index contributed by atoms with van der Waals surface area (Å²) >= 11 is 6.54. The van der Waals surface area contributed by atoms with E-state index in [1.54, 1.807) is 23.2 Å². The van der Waals surface area contributed by atoms with Gasteiger partial charge in [-0.15, -0.1) is 0 Å². The van der Waals surface area contributed by atoms with E-state index in [4.69, 9.17) is 21.5 Å². The molecule has 194 valence electrons. The number of carbonyl (C=O) groups excluding carboxylic acids is 1. The highest BCUT2D eigenvalue weighted by molar-refractivity contribution is 6.34. The molecule has 5 rings (SSSR count). The average Bonchev–Trinajstić information content (AvgIpc) is 3.72. The summed E-state index contributed by atoms with van der Waals surface area (Å²) < 4.78 is 14.2. The number of pyridine rings is 2. The van der Waals surface area contributed by atoms with Crippen LogP contribution in [0.1, 0.15) is 53.2 Å². The number of nitrogens with one attached hydrogen (secondary N) is 1. The van der Waals surface area contributed by atoms with E-state index in [1.807, 2.05) is 18.2 Å². The summed E-state index contributed by atoms with van der Waals surface area (Å²) in [6.45, 7) is 0.574. The first-order valence-corrected chi connectivity index (χ1v) is 12.7. The summed E-state index contributed by atoms with van der Waals surface area (Å²) in [5, 5.41) is 12.4. The lowest BCUT2D eigenvalue weighted by molar-refractivity contribution is 0.0644. The fraction of sp³-hybridized carbons (Fsp3) is 0.370. The van der Waals surface area contributed by atoms with Gasteiger partial charge in [-0.1, -0.05) is 29.8 Å². The first kappa shape index (κ1) is 25.2. The van der Waals surface area contributed by atoms with Gasteiger partial charge in [0.2, 0.25) is 0 Å². The number of nitrogens with zero attached hydrogens (tertiary/aromatic N) is 3. The zero-order valence-electron chi connectivity index (χ0n) is 20.2. The summed E-state index contributed by atoms with van der Waals surface area (Å²) in [6, 6.07) is 12.1. The van der Waals surface area contributed by atoms with Crippen LogP contribution in [0.25, 0.3) is 0 Å². The summed E-state index contributed by atoms with van der Waals surface area (Å²) in [6.07, 6.45) is 6.06. The van der Waals surface area contributed by atoms with Gasteiger partial charge in [0, 0.05) is 19.3 Å². The van der Waals surface area contributed by atoms with Crippen LogP contribution in [-0.2, 0) is 5.54 Å². The maximum Gasteiger partial charge on any atom is 0.303 e. The highest BCUT2D eigenvalue weighted by Crippen LogP contribution is 2.48. The molecule has 8 nitrogen and oxygen atoms in total. The van der Waals surface area contributed by atoms with E-state index in [1.165, 1.54) is 18.3 Å². The Morgan fingerprint density at radius 3 is 2.54 bits per heavy atom. The molecular formula is C27H28ClFN4O4. The van der Waals surface area contributed by atoms with E-state index in [-0.39, 0.29) is 47.1 Å². The van der Waals surface area contributed by atoms with Gasteiger partial charge in [0.1, 0.15) is 17.4 Å². The van der Waals surface area contributed by atoms with Crippen molar-refractivity contribution < 1.29 is 19.1 Å². The van der Waals surface area contributed by atoms with Crippen LogP contribution in [-0.4, -0.2) is 51.9 Å². The van der Waals surface area contributed by atoms with Gasteiger partial charge in [0.15, 0.2) is 0 Å². The first-order valence-electron chi connectivity index (χ1n) is 12.4. The lowest BCUT2D eigenvalue weighted by Gasteiger charge is -2.33. The van der Waals surface area contributed by atoms with Gasteiger partial charge in [0.25, 0.3) is 5.91 Å². The topological polar surface area (TPSA) is 96.7 Å². The number of aliphatic hydroxyl groups is 1. The normalized spacial score (nSPS) is 16.9. The third kappa shape index (κ3) is 5.19. The van der Waals surface area contributed by atoms with Gasteiger partial charge in [-0.3, -0.25) is 14.6 Å². The molecule has 3 aromatic rings. The average molecular weight is 527 g/mol. The Kier molecular flexibility index (Phi) is 7.17. The number of carbonyl (C=O) groups is 1. The van der Waals surface area contributed by atoms with Crippen molar-refractivity contribution in [3.63, 3.8) is 0 Å². The summed E-state index contributed by atoms with van der Waals surface area (Å²) in [5.41, 5.74) is 1.19. The molecule has 1 saturated heterocycles. The number of aromatic nitrogens is 2. The molecule has 0 atom stereocenters. The van der Waals surface area contributed by atoms with E-state index in [0.29, 0.717) is 13.1 Å². The number of halogens is 2. The Balaban J connectivity index is 1.43. The minimum atomic E-state index is -0.624. The van der Waals surface area contributed by atoms with Gasteiger partial charge in [-0.25, -0.2) is 4.39 Å². The predicted octanol–water partition coefficient (Wildman–Crippen LogP) is 3.58. The largest absolute Gasteiger partial charge is 0.408 e. The van der Waals surface area contributed by atoms with Crippen LogP contribution in [0.5, 0.6) is 0 Å². The molecule has 1 aromatic carbocycles. The Hall–Kier alpha value is -3.43. The van der Waals surface area contributed by atoms with Crippen molar-refractivity contribution in [1.82, 2.24) is 14.6 Å². The molecule has 0 radical (unpaired) electrons. The van der Waals surface area contributed by atoms with E-state index in [0.717, 1.165) is 41.7 Å². The molecule has 1 saturated carbocycles. The first-order chi connectivity index (χ1) is 17.9. The molecular weight excluding hydrogens is 499 g/mol. The zero-order chi connectivity index (χ0) is 26.0. The van der Waals surface area contributed by atoms with Crippen LogP contribution >= 0.6 is 11.6 Å². The highest BCUT2D eigenvalue weighted by Gasteiger charge is 2.47. The Labute approximate surface area is 218 Å². The second-order valence-electron chi connectivity index (χ2n) is 9.46. The molecule has 0 bridgehead atoms. The number of hydrogen-bond acceptors (Lipinski definition) is 6. The van der Waals surface area contributed by atoms with Crippen LogP contribution in [0.3, 0.4) is 0 Å². The number of benzene rings is 1. The van der Waals surface area contributed by atoms with Crippen molar-refractivity contribution in [1.29, 1.82) is 0 Å². The molecule has 3 heterocycles. The van der Waals surface area contributed by atoms with Crippen molar-refractivity contribution in [2.45, 2.75) is 37.1 Å². The fourth-order valence-electron chi connectivity index (χ4n) is 4.86. The molecule has 1 amide bonds. The third-order valence-corrected chi connectivity index (χ3v) is 7.42. The molecule has 1 aliphatic carbocycles.